The average Bonchev–Trinajstić information content (AvgIpc) is 2.70. The number of hydrogen-bond acceptors (Lipinski definition) is 4. The van der Waals surface area contributed by atoms with E-state index in [1.54, 1.807) is 54.4 Å². The van der Waals surface area contributed by atoms with Crippen LogP contribution in [0.4, 0.5) is 16.2 Å². The number of fused-ring (bicyclic) bond motifs is 1. The molecule has 1 aliphatic heterocycles. The molecule has 1 aromatic heterocycles. The third-order valence-corrected chi connectivity index (χ3v) is 4.75. The minimum Gasteiger partial charge on any atom is -0.479 e. The molecule has 0 aliphatic carbocycles. The molecule has 0 saturated heterocycles. The third kappa shape index (κ3) is 4.42. The number of amides is 3. The summed E-state index contributed by atoms with van der Waals surface area (Å²) in [6.45, 7) is 4.99. The van der Waals surface area contributed by atoms with E-state index in [0.717, 1.165) is 18.4 Å². The summed E-state index contributed by atoms with van der Waals surface area (Å²) in [5.41, 5.74) is 2.30. The molecule has 1 N–H and O–H groups in total. The molecule has 7 heteroatoms. The molecular formula is C21H26N4O3. The fourth-order valence-electron chi connectivity index (χ4n) is 3.10. The predicted octanol–water partition coefficient (Wildman–Crippen LogP) is 3.66. The van der Waals surface area contributed by atoms with E-state index in [-0.39, 0.29) is 11.9 Å². The number of rotatable bonds is 6. The van der Waals surface area contributed by atoms with E-state index in [9.17, 15) is 9.59 Å². The van der Waals surface area contributed by atoms with E-state index < -0.39 is 6.10 Å². The molecular weight excluding hydrogens is 356 g/mol. The number of benzene rings is 1. The minimum atomic E-state index is -0.511. The number of nitrogens with one attached hydrogen (secondary N) is 1. The van der Waals surface area contributed by atoms with E-state index in [1.807, 2.05) is 12.1 Å². The normalized spacial score (nSPS) is 15.6. The molecule has 0 bridgehead atoms. The Morgan fingerprint density at radius 3 is 2.75 bits per heavy atom. The first-order chi connectivity index (χ1) is 13.5. The van der Waals surface area contributed by atoms with E-state index in [0.29, 0.717) is 30.2 Å². The Kier molecular flexibility index (Phi) is 6.13. The highest BCUT2D eigenvalue weighted by molar-refractivity contribution is 6.00. The second-order valence-corrected chi connectivity index (χ2v) is 6.90. The molecule has 2 heterocycles. The van der Waals surface area contributed by atoms with Gasteiger partial charge in [0.15, 0.2) is 6.10 Å². The quantitative estimate of drug-likeness (QED) is 0.827. The maximum atomic E-state index is 12.9. The Morgan fingerprint density at radius 2 is 2.04 bits per heavy atom. The molecule has 0 saturated carbocycles. The Labute approximate surface area is 165 Å². The molecule has 3 rings (SSSR count). The van der Waals surface area contributed by atoms with Crippen molar-refractivity contribution in [1.29, 1.82) is 0 Å². The van der Waals surface area contributed by atoms with Crippen molar-refractivity contribution in [2.45, 2.75) is 39.3 Å². The van der Waals surface area contributed by atoms with E-state index >= 15 is 0 Å². The molecule has 1 atom stereocenters. The number of pyridine rings is 1. The van der Waals surface area contributed by atoms with Crippen LogP contribution in [0.3, 0.4) is 0 Å². The Balaban J connectivity index is 1.75. The molecule has 0 radical (unpaired) electrons. The van der Waals surface area contributed by atoms with Crippen LogP contribution in [0, 0.1) is 0 Å². The molecule has 1 aliphatic rings. The standard InChI is InChI=1S/C21H26N4O3/c1-4-5-12-25(14-16-8-10-22-11-9-16)21(27)23-17-6-7-19-18(13-17)24(3)20(26)15(2)28-19/h6-11,13,15H,4-5,12,14H2,1-3H3,(H,23,27). The van der Waals surface area contributed by atoms with Crippen molar-refractivity contribution in [3.63, 3.8) is 0 Å². The van der Waals surface area contributed by atoms with Gasteiger partial charge < -0.3 is 19.9 Å². The van der Waals surface area contributed by atoms with Crippen molar-refractivity contribution < 1.29 is 14.3 Å². The lowest BCUT2D eigenvalue weighted by Gasteiger charge is -2.30. The second-order valence-electron chi connectivity index (χ2n) is 6.90. The predicted molar refractivity (Wildman–Crippen MR) is 109 cm³/mol. The van der Waals surface area contributed by atoms with Gasteiger partial charge in [0.2, 0.25) is 0 Å². The van der Waals surface area contributed by atoms with Crippen LogP contribution in [0.25, 0.3) is 0 Å². The average molecular weight is 382 g/mol. The highest BCUT2D eigenvalue weighted by atomic mass is 16.5. The number of anilines is 2. The number of carbonyl (C=O) groups excluding carboxylic acids is 2. The van der Waals surface area contributed by atoms with E-state index in [1.165, 1.54) is 0 Å². The van der Waals surface area contributed by atoms with Crippen molar-refractivity contribution in [2.24, 2.45) is 0 Å². The maximum absolute atomic E-state index is 12.9. The SMILES string of the molecule is CCCCN(Cc1ccncc1)C(=O)Nc1ccc2c(c1)N(C)C(=O)C(C)O2. The van der Waals surface area contributed by atoms with Gasteiger partial charge in [-0.1, -0.05) is 13.3 Å². The van der Waals surface area contributed by atoms with Crippen LogP contribution in [-0.4, -0.2) is 41.5 Å². The van der Waals surface area contributed by atoms with Crippen LogP contribution in [0.2, 0.25) is 0 Å². The van der Waals surface area contributed by atoms with Gasteiger partial charge in [-0.25, -0.2) is 4.79 Å². The largest absolute Gasteiger partial charge is 0.479 e. The van der Waals surface area contributed by atoms with Crippen LogP contribution in [0.1, 0.15) is 32.3 Å². The molecule has 148 valence electrons. The molecule has 0 spiro atoms. The topological polar surface area (TPSA) is 74.8 Å². The van der Waals surface area contributed by atoms with Crippen LogP contribution in [-0.2, 0) is 11.3 Å². The Morgan fingerprint density at radius 1 is 1.29 bits per heavy atom. The number of urea groups is 1. The monoisotopic (exact) mass is 382 g/mol. The lowest BCUT2D eigenvalue weighted by atomic mass is 10.2. The fraction of sp³-hybridized carbons (Fsp3) is 0.381. The van der Waals surface area contributed by atoms with E-state index in [4.69, 9.17) is 4.74 Å². The summed E-state index contributed by atoms with van der Waals surface area (Å²) in [6.07, 6.45) is 4.86. The van der Waals surface area contributed by atoms with Gasteiger partial charge in [0, 0.05) is 38.2 Å². The fourth-order valence-corrected chi connectivity index (χ4v) is 3.10. The summed E-state index contributed by atoms with van der Waals surface area (Å²) in [5, 5.41) is 2.95. The smallest absolute Gasteiger partial charge is 0.322 e. The summed E-state index contributed by atoms with van der Waals surface area (Å²) in [5.74, 6) is 0.519. The summed E-state index contributed by atoms with van der Waals surface area (Å²) in [6, 6.07) is 8.97. The first kappa shape index (κ1) is 19.7. The zero-order chi connectivity index (χ0) is 20.1. The number of nitrogens with zero attached hydrogens (tertiary/aromatic N) is 3. The lowest BCUT2D eigenvalue weighted by Crippen LogP contribution is -2.42. The first-order valence-electron chi connectivity index (χ1n) is 9.52. The Hall–Kier alpha value is -3.09. The molecule has 1 unspecified atom stereocenters. The highest BCUT2D eigenvalue weighted by Gasteiger charge is 2.29. The molecule has 0 fully saturated rings. The summed E-state index contributed by atoms with van der Waals surface area (Å²) < 4.78 is 5.63. The molecule has 1 aromatic carbocycles. The zero-order valence-corrected chi connectivity index (χ0v) is 16.5. The second kappa shape index (κ2) is 8.73. The highest BCUT2D eigenvalue weighted by Crippen LogP contribution is 2.35. The lowest BCUT2D eigenvalue weighted by molar-refractivity contribution is -0.125. The van der Waals surface area contributed by atoms with Gasteiger partial charge in [0.25, 0.3) is 5.91 Å². The third-order valence-electron chi connectivity index (χ3n) is 4.75. The van der Waals surface area contributed by atoms with Crippen LogP contribution >= 0.6 is 0 Å². The molecule has 28 heavy (non-hydrogen) atoms. The maximum Gasteiger partial charge on any atom is 0.322 e. The van der Waals surface area contributed by atoms with Gasteiger partial charge >= 0.3 is 6.03 Å². The number of carbonyl (C=O) groups is 2. The molecule has 7 nitrogen and oxygen atoms in total. The van der Waals surface area contributed by atoms with Crippen LogP contribution in [0.5, 0.6) is 5.75 Å². The summed E-state index contributed by atoms with van der Waals surface area (Å²) in [7, 11) is 1.71. The first-order valence-corrected chi connectivity index (χ1v) is 9.52. The van der Waals surface area contributed by atoms with Crippen molar-refractivity contribution in [2.75, 3.05) is 23.8 Å². The van der Waals surface area contributed by atoms with Gasteiger partial charge in [-0.3, -0.25) is 9.78 Å². The number of unbranched alkanes of at least 4 members (excludes halogenated alkanes) is 1. The van der Waals surface area contributed by atoms with Crippen molar-refractivity contribution in [1.82, 2.24) is 9.88 Å². The van der Waals surface area contributed by atoms with Crippen LogP contribution in [0.15, 0.2) is 42.7 Å². The number of likely N-dealkylation sites (N-methyl/N-ethyl adjacent to an activating group) is 1. The van der Waals surface area contributed by atoms with Crippen molar-refractivity contribution in [3.8, 4) is 5.75 Å². The number of ether oxygens (including phenoxy) is 1. The summed E-state index contributed by atoms with van der Waals surface area (Å²) >= 11 is 0. The van der Waals surface area contributed by atoms with Crippen molar-refractivity contribution in [3.05, 3.63) is 48.3 Å². The van der Waals surface area contributed by atoms with E-state index in [2.05, 4.69) is 17.2 Å². The van der Waals surface area contributed by atoms with Gasteiger partial charge in [0.1, 0.15) is 5.75 Å². The number of aromatic nitrogens is 1. The number of hydrogen-bond donors (Lipinski definition) is 1. The zero-order valence-electron chi connectivity index (χ0n) is 16.5. The molecule has 2 aromatic rings. The van der Waals surface area contributed by atoms with Gasteiger partial charge in [-0.2, -0.15) is 0 Å². The summed E-state index contributed by atoms with van der Waals surface area (Å²) in [4.78, 5) is 32.4. The van der Waals surface area contributed by atoms with Crippen molar-refractivity contribution >= 4 is 23.3 Å². The van der Waals surface area contributed by atoms with Gasteiger partial charge in [-0.15, -0.1) is 0 Å². The minimum absolute atomic E-state index is 0.113. The Bertz CT molecular complexity index is 841. The van der Waals surface area contributed by atoms with Gasteiger partial charge in [-0.05, 0) is 49.2 Å². The molecule has 3 amide bonds. The van der Waals surface area contributed by atoms with Crippen LogP contribution < -0.4 is 15.0 Å². The van der Waals surface area contributed by atoms with Gasteiger partial charge in [0.05, 0.1) is 5.69 Å².